The summed E-state index contributed by atoms with van der Waals surface area (Å²) in [5.41, 5.74) is 2.28. The lowest BCUT2D eigenvalue weighted by Crippen LogP contribution is -2.31. The largest absolute Gasteiger partial charge is 0.508 e. The van der Waals surface area contributed by atoms with Crippen LogP contribution in [0, 0.1) is 0 Å². The summed E-state index contributed by atoms with van der Waals surface area (Å²) in [5.74, 6) is 0.167. The van der Waals surface area contributed by atoms with E-state index in [9.17, 15) is 10.3 Å². The Hall–Kier alpha value is -1.72. The van der Waals surface area contributed by atoms with Crippen LogP contribution in [0.5, 0.6) is 5.75 Å². The molecule has 1 heterocycles. The van der Waals surface area contributed by atoms with Crippen molar-refractivity contribution in [2.75, 3.05) is 7.05 Å². The topological polar surface area (TPSA) is 46.9 Å². The Morgan fingerprint density at radius 2 is 1.59 bits per heavy atom. The first-order chi connectivity index (χ1) is 10.5. The van der Waals surface area contributed by atoms with Gasteiger partial charge < -0.3 is 5.11 Å². The van der Waals surface area contributed by atoms with Gasteiger partial charge in [-0.15, -0.1) is 0 Å². The first-order valence-corrected chi connectivity index (χ1v) is 7.40. The van der Waals surface area contributed by atoms with Gasteiger partial charge in [-0.2, -0.15) is 0 Å². The fraction of sp³-hybridized carbons (Fsp3) is 0.125. The van der Waals surface area contributed by atoms with Crippen molar-refractivity contribution in [3.05, 3.63) is 69.8 Å². The van der Waals surface area contributed by atoms with Crippen molar-refractivity contribution in [2.24, 2.45) is 0 Å². The van der Waals surface area contributed by atoms with E-state index < -0.39 is 6.04 Å². The molecule has 0 spiro atoms. The standard InChI is InChI=1S/C16H14Cl2N2O2/c1-19-9-12(15-13(17)3-2-4-14(15)18)16(20(19)22)10-5-7-11(21)8-6-10/h2-9,16,21-22H,1H3. The third kappa shape index (κ3) is 2.55. The molecule has 114 valence electrons. The first-order valence-electron chi connectivity index (χ1n) is 6.65. The Labute approximate surface area is 138 Å². The van der Waals surface area contributed by atoms with Gasteiger partial charge in [-0.05, 0) is 29.8 Å². The third-order valence-corrected chi connectivity index (χ3v) is 4.26. The second kappa shape index (κ2) is 5.82. The van der Waals surface area contributed by atoms with Crippen LogP contribution in [0.4, 0.5) is 0 Å². The second-order valence-corrected chi connectivity index (χ2v) is 5.88. The zero-order chi connectivity index (χ0) is 15.9. The van der Waals surface area contributed by atoms with Crippen molar-refractivity contribution in [2.45, 2.75) is 6.04 Å². The smallest absolute Gasteiger partial charge is 0.115 e. The average Bonchev–Trinajstić information content (AvgIpc) is 2.76. The fourth-order valence-electron chi connectivity index (χ4n) is 2.58. The number of halogens is 2. The summed E-state index contributed by atoms with van der Waals surface area (Å²) < 4.78 is 0. The van der Waals surface area contributed by atoms with Gasteiger partial charge in [0.05, 0.1) is 0 Å². The first kappa shape index (κ1) is 15.2. The molecular formula is C16H14Cl2N2O2. The number of hydroxylamine groups is 1. The Bertz CT molecular complexity index is 711. The predicted octanol–water partition coefficient (Wildman–Crippen LogP) is 4.33. The third-order valence-electron chi connectivity index (χ3n) is 3.63. The molecule has 4 nitrogen and oxygen atoms in total. The lowest BCUT2D eigenvalue weighted by Gasteiger charge is -2.26. The number of rotatable bonds is 2. The summed E-state index contributed by atoms with van der Waals surface area (Å²) in [6.45, 7) is 0. The molecule has 0 fully saturated rings. The number of hydrazine groups is 1. The molecule has 6 heteroatoms. The molecule has 1 atom stereocenters. The molecule has 0 aliphatic carbocycles. The molecule has 22 heavy (non-hydrogen) atoms. The molecule has 2 aromatic rings. The summed E-state index contributed by atoms with van der Waals surface area (Å²) in [5, 5.41) is 23.5. The normalized spacial score (nSPS) is 18.6. The summed E-state index contributed by atoms with van der Waals surface area (Å²) in [7, 11) is 1.73. The van der Waals surface area contributed by atoms with Gasteiger partial charge >= 0.3 is 0 Å². The zero-order valence-electron chi connectivity index (χ0n) is 11.7. The van der Waals surface area contributed by atoms with Gasteiger partial charge in [0.25, 0.3) is 0 Å². The van der Waals surface area contributed by atoms with Crippen molar-refractivity contribution in [3.8, 4) is 5.75 Å². The number of phenolic OH excluding ortho intramolecular Hbond substituents is 1. The second-order valence-electron chi connectivity index (χ2n) is 5.07. The van der Waals surface area contributed by atoms with Gasteiger partial charge in [0, 0.05) is 34.4 Å². The van der Waals surface area contributed by atoms with Crippen LogP contribution in [-0.2, 0) is 0 Å². The predicted molar refractivity (Wildman–Crippen MR) is 86.7 cm³/mol. The Morgan fingerprint density at radius 1 is 1.00 bits per heavy atom. The van der Waals surface area contributed by atoms with Crippen molar-refractivity contribution in [1.29, 1.82) is 0 Å². The number of benzene rings is 2. The molecule has 0 radical (unpaired) electrons. The van der Waals surface area contributed by atoms with Gasteiger partial charge in [-0.25, -0.2) is 0 Å². The highest BCUT2D eigenvalue weighted by Crippen LogP contribution is 2.44. The van der Waals surface area contributed by atoms with Crippen LogP contribution in [0.3, 0.4) is 0 Å². The van der Waals surface area contributed by atoms with Crippen LogP contribution >= 0.6 is 23.2 Å². The number of nitrogens with zero attached hydrogens (tertiary/aromatic N) is 2. The SMILES string of the molecule is CN1C=C(c2c(Cl)cccc2Cl)C(c2ccc(O)cc2)N1O. The monoisotopic (exact) mass is 336 g/mol. The van der Waals surface area contributed by atoms with Crippen LogP contribution < -0.4 is 0 Å². The number of aromatic hydroxyl groups is 1. The van der Waals surface area contributed by atoms with Gasteiger partial charge in [0.2, 0.25) is 0 Å². The van der Waals surface area contributed by atoms with E-state index in [1.807, 2.05) is 0 Å². The molecule has 0 saturated heterocycles. The Morgan fingerprint density at radius 3 is 2.18 bits per heavy atom. The van der Waals surface area contributed by atoms with Crippen molar-refractivity contribution in [1.82, 2.24) is 10.2 Å². The minimum atomic E-state index is -0.456. The summed E-state index contributed by atoms with van der Waals surface area (Å²) in [4.78, 5) is 0. The summed E-state index contributed by atoms with van der Waals surface area (Å²) >= 11 is 12.6. The highest BCUT2D eigenvalue weighted by molar-refractivity contribution is 6.37. The van der Waals surface area contributed by atoms with Gasteiger partial charge in [-0.3, -0.25) is 10.2 Å². The lowest BCUT2D eigenvalue weighted by molar-refractivity contribution is -0.221. The minimum absolute atomic E-state index is 0.167. The van der Waals surface area contributed by atoms with Crippen molar-refractivity contribution < 1.29 is 10.3 Å². The van der Waals surface area contributed by atoms with Gasteiger partial charge in [-0.1, -0.05) is 46.6 Å². The Balaban J connectivity index is 2.12. The van der Waals surface area contributed by atoms with Crippen molar-refractivity contribution >= 4 is 28.8 Å². The molecule has 1 unspecified atom stereocenters. The molecule has 2 aromatic carbocycles. The van der Waals surface area contributed by atoms with E-state index >= 15 is 0 Å². The maximum absolute atomic E-state index is 10.4. The molecule has 0 bridgehead atoms. The van der Waals surface area contributed by atoms with E-state index in [1.54, 1.807) is 60.7 Å². The molecule has 1 aliphatic rings. The van der Waals surface area contributed by atoms with E-state index in [2.05, 4.69) is 0 Å². The van der Waals surface area contributed by atoms with Crippen molar-refractivity contribution in [3.63, 3.8) is 0 Å². The van der Waals surface area contributed by atoms with E-state index in [4.69, 9.17) is 23.2 Å². The zero-order valence-corrected chi connectivity index (χ0v) is 13.3. The van der Waals surface area contributed by atoms with Crippen LogP contribution in [0.1, 0.15) is 17.2 Å². The van der Waals surface area contributed by atoms with Crippen LogP contribution in [-0.4, -0.2) is 27.5 Å². The highest BCUT2D eigenvalue weighted by atomic mass is 35.5. The van der Waals surface area contributed by atoms with Crippen LogP contribution in [0.15, 0.2) is 48.7 Å². The van der Waals surface area contributed by atoms with Gasteiger partial charge in [0.1, 0.15) is 11.8 Å². The number of hydrogen-bond donors (Lipinski definition) is 2. The molecule has 0 saturated carbocycles. The molecule has 0 aromatic heterocycles. The molecule has 3 rings (SSSR count). The summed E-state index contributed by atoms with van der Waals surface area (Å²) in [6.07, 6.45) is 1.78. The highest BCUT2D eigenvalue weighted by Gasteiger charge is 2.34. The minimum Gasteiger partial charge on any atom is -0.508 e. The molecule has 2 N–H and O–H groups in total. The maximum atomic E-state index is 10.4. The maximum Gasteiger partial charge on any atom is 0.115 e. The van der Waals surface area contributed by atoms with Crippen LogP contribution in [0.25, 0.3) is 5.57 Å². The van der Waals surface area contributed by atoms with E-state index in [0.29, 0.717) is 15.6 Å². The van der Waals surface area contributed by atoms with E-state index in [-0.39, 0.29) is 5.75 Å². The molecule has 0 amide bonds. The fourth-order valence-corrected chi connectivity index (χ4v) is 3.20. The Kier molecular flexibility index (Phi) is 4.02. The van der Waals surface area contributed by atoms with Gasteiger partial charge in [0.15, 0.2) is 0 Å². The molecular weight excluding hydrogens is 323 g/mol. The quantitative estimate of drug-likeness (QED) is 0.856. The lowest BCUT2D eigenvalue weighted by atomic mass is 9.94. The summed E-state index contributed by atoms with van der Waals surface area (Å²) in [6, 6.07) is 11.5. The number of hydrogen-bond acceptors (Lipinski definition) is 4. The average molecular weight is 337 g/mol. The number of phenols is 1. The molecule has 1 aliphatic heterocycles. The van der Waals surface area contributed by atoms with Crippen LogP contribution in [0.2, 0.25) is 10.0 Å². The van der Waals surface area contributed by atoms with E-state index in [1.165, 1.54) is 0 Å². The van der Waals surface area contributed by atoms with E-state index in [0.717, 1.165) is 16.3 Å².